The van der Waals surface area contributed by atoms with E-state index in [1.807, 2.05) is 6.92 Å². The molecular formula is C10H16N2O. The summed E-state index contributed by atoms with van der Waals surface area (Å²) in [6.45, 7) is 1.98. The summed E-state index contributed by atoms with van der Waals surface area (Å²) in [5.41, 5.74) is 0. The predicted molar refractivity (Wildman–Crippen MR) is 49.8 cm³/mol. The van der Waals surface area contributed by atoms with Crippen LogP contribution in [0, 0.1) is 17.2 Å². The van der Waals surface area contributed by atoms with E-state index in [4.69, 9.17) is 5.26 Å². The second-order valence-corrected chi connectivity index (χ2v) is 3.59. The van der Waals surface area contributed by atoms with E-state index in [9.17, 15) is 4.79 Å². The smallest absolute Gasteiger partial charge is 0.220 e. The number of hydrogen-bond acceptors (Lipinski definition) is 2. The molecule has 0 radical (unpaired) electrons. The van der Waals surface area contributed by atoms with E-state index >= 15 is 0 Å². The minimum atomic E-state index is 0.0424. The fourth-order valence-electron chi connectivity index (χ4n) is 1.79. The van der Waals surface area contributed by atoms with Gasteiger partial charge in [0.25, 0.3) is 0 Å². The summed E-state index contributed by atoms with van der Waals surface area (Å²) in [5.74, 6) is 0.135. The van der Waals surface area contributed by atoms with Gasteiger partial charge in [0.2, 0.25) is 5.91 Å². The standard InChI is InChI=1S/C10H16N2O/c1-2-4-10(13)12-9-6-3-5-8(9)7-11/h8-9H,2-6H2,1H3,(H,12,13)/t8-,9+/m0/s1. The van der Waals surface area contributed by atoms with Crippen molar-refractivity contribution in [2.75, 3.05) is 0 Å². The number of rotatable bonds is 3. The van der Waals surface area contributed by atoms with Crippen LogP contribution in [0.1, 0.15) is 39.0 Å². The van der Waals surface area contributed by atoms with Crippen LogP contribution in [0.25, 0.3) is 0 Å². The SMILES string of the molecule is CCCC(=O)N[C@@H]1CCC[C@H]1C#N. The lowest BCUT2D eigenvalue weighted by Gasteiger charge is -2.14. The lowest BCUT2D eigenvalue weighted by atomic mass is 10.1. The van der Waals surface area contributed by atoms with Crippen molar-refractivity contribution in [2.45, 2.75) is 45.1 Å². The molecule has 13 heavy (non-hydrogen) atoms. The van der Waals surface area contributed by atoms with Gasteiger partial charge in [0.1, 0.15) is 0 Å². The molecule has 1 amide bonds. The van der Waals surface area contributed by atoms with E-state index in [1.54, 1.807) is 0 Å². The molecule has 1 rings (SSSR count). The largest absolute Gasteiger partial charge is 0.352 e. The molecule has 0 heterocycles. The number of hydrogen-bond donors (Lipinski definition) is 1. The molecule has 1 N–H and O–H groups in total. The van der Waals surface area contributed by atoms with E-state index in [-0.39, 0.29) is 17.9 Å². The number of amides is 1. The van der Waals surface area contributed by atoms with Crippen molar-refractivity contribution in [2.24, 2.45) is 5.92 Å². The van der Waals surface area contributed by atoms with Crippen molar-refractivity contribution in [1.82, 2.24) is 5.32 Å². The molecule has 3 nitrogen and oxygen atoms in total. The van der Waals surface area contributed by atoms with Gasteiger partial charge in [-0.25, -0.2) is 0 Å². The van der Waals surface area contributed by atoms with Gasteiger partial charge in [0, 0.05) is 12.5 Å². The van der Waals surface area contributed by atoms with Gasteiger partial charge in [-0.3, -0.25) is 4.79 Å². The zero-order valence-electron chi connectivity index (χ0n) is 8.05. The summed E-state index contributed by atoms with van der Waals surface area (Å²) >= 11 is 0. The Hall–Kier alpha value is -1.04. The lowest BCUT2D eigenvalue weighted by molar-refractivity contribution is -0.121. The highest BCUT2D eigenvalue weighted by atomic mass is 16.1. The molecule has 0 bridgehead atoms. The van der Waals surface area contributed by atoms with Gasteiger partial charge < -0.3 is 5.32 Å². The topological polar surface area (TPSA) is 52.9 Å². The van der Waals surface area contributed by atoms with Crippen LogP contribution < -0.4 is 5.32 Å². The van der Waals surface area contributed by atoms with Crippen LogP contribution in [0.2, 0.25) is 0 Å². The van der Waals surface area contributed by atoms with Crippen molar-refractivity contribution >= 4 is 5.91 Å². The Morgan fingerprint density at radius 3 is 3.00 bits per heavy atom. The Morgan fingerprint density at radius 2 is 2.38 bits per heavy atom. The van der Waals surface area contributed by atoms with Crippen LogP contribution in [0.3, 0.4) is 0 Å². The molecule has 1 aliphatic carbocycles. The highest BCUT2D eigenvalue weighted by Crippen LogP contribution is 2.24. The van der Waals surface area contributed by atoms with Gasteiger partial charge >= 0.3 is 0 Å². The van der Waals surface area contributed by atoms with E-state index in [0.29, 0.717) is 6.42 Å². The van der Waals surface area contributed by atoms with Crippen molar-refractivity contribution in [3.63, 3.8) is 0 Å². The monoisotopic (exact) mass is 180 g/mol. The number of carbonyl (C=O) groups excluding carboxylic acids is 1. The summed E-state index contributed by atoms with van der Waals surface area (Å²) in [4.78, 5) is 11.2. The lowest BCUT2D eigenvalue weighted by Crippen LogP contribution is -2.36. The maximum Gasteiger partial charge on any atom is 0.220 e. The highest BCUT2D eigenvalue weighted by molar-refractivity contribution is 5.76. The molecule has 1 fully saturated rings. The fraction of sp³-hybridized carbons (Fsp3) is 0.800. The third-order valence-electron chi connectivity index (χ3n) is 2.51. The van der Waals surface area contributed by atoms with Crippen molar-refractivity contribution in [3.8, 4) is 6.07 Å². The van der Waals surface area contributed by atoms with E-state index in [1.165, 1.54) is 0 Å². The third kappa shape index (κ3) is 2.73. The van der Waals surface area contributed by atoms with Crippen LogP contribution in [0.4, 0.5) is 0 Å². The average Bonchev–Trinajstić information content (AvgIpc) is 2.52. The summed E-state index contributed by atoms with van der Waals surface area (Å²) in [6.07, 6.45) is 4.42. The quantitative estimate of drug-likeness (QED) is 0.717. The first-order valence-corrected chi connectivity index (χ1v) is 4.97. The Labute approximate surface area is 79.1 Å². The number of nitriles is 1. The number of nitrogens with one attached hydrogen (secondary N) is 1. The Bertz CT molecular complexity index is 219. The van der Waals surface area contributed by atoms with Crippen molar-refractivity contribution in [1.29, 1.82) is 5.26 Å². The molecule has 0 aliphatic heterocycles. The first kappa shape index (κ1) is 10.0. The van der Waals surface area contributed by atoms with Crippen LogP contribution in [0.15, 0.2) is 0 Å². The Kier molecular flexibility index (Phi) is 3.75. The summed E-state index contributed by atoms with van der Waals surface area (Å²) in [5, 5.41) is 11.7. The highest BCUT2D eigenvalue weighted by Gasteiger charge is 2.27. The van der Waals surface area contributed by atoms with Gasteiger partial charge in [0.05, 0.1) is 12.0 Å². The van der Waals surface area contributed by atoms with Crippen LogP contribution in [-0.2, 0) is 4.79 Å². The maximum absolute atomic E-state index is 11.2. The van der Waals surface area contributed by atoms with Gasteiger partial charge in [-0.1, -0.05) is 6.92 Å². The van der Waals surface area contributed by atoms with Gasteiger partial charge in [-0.2, -0.15) is 5.26 Å². The van der Waals surface area contributed by atoms with E-state index in [0.717, 1.165) is 25.7 Å². The molecule has 2 atom stereocenters. The third-order valence-corrected chi connectivity index (χ3v) is 2.51. The number of carbonyl (C=O) groups is 1. The van der Waals surface area contributed by atoms with Crippen LogP contribution in [0.5, 0.6) is 0 Å². The molecule has 1 saturated carbocycles. The van der Waals surface area contributed by atoms with Gasteiger partial charge in [-0.15, -0.1) is 0 Å². The van der Waals surface area contributed by atoms with Crippen molar-refractivity contribution in [3.05, 3.63) is 0 Å². The molecule has 0 unspecified atom stereocenters. The summed E-state index contributed by atoms with van der Waals surface area (Å²) < 4.78 is 0. The van der Waals surface area contributed by atoms with Gasteiger partial charge in [-0.05, 0) is 25.7 Å². The zero-order chi connectivity index (χ0) is 9.68. The zero-order valence-corrected chi connectivity index (χ0v) is 8.05. The first-order valence-electron chi connectivity index (χ1n) is 4.97. The average molecular weight is 180 g/mol. The molecule has 0 saturated heterocycles. The van der Waals surface area contributed by atoms with Gasteiger partial charge in [0.15, 0.2) is 0 Å². The van der Waals surface area contributed by atoms with Crippen LogP contribution in [-0.4, -0.2) is 11.9 Å². The summed E-state index contributed by atoms with van der Waals surface area (Å²) in [7, 11) is 0. The molecule has 3 heteroatoms. The Morgan fingerprint density at radius 1 is 1.62 bits per heavy atom. The second kappa shape index (κ2) is 4.86. The molecule has 0 aromatic heterocycles. The van der Waals surface area contributed by atoms with Crippen molar-refractivity contribution < 1.29 is 4.79 Å². The molecular weight excluding hydrogens is 164 g/mol. The minimum Gasteiger partial charge on any atom is -0.352 e. The molecule has 0 aromatic rings. The molecule has 0 aromatic carbocycles. The molecule has 0 spiro atoms. The molecule has 72 valence electrons. The maximum atomic E-state index is 11.2. The van der Waals surface area contributed by atoms with E-state index < -0.39 is 0 Å². The summed E-state index contributed by atoms with van der Waals surface area (Å²) in [6, 6.07) is 2.36. The number of nitrogens with zero attached hydrogens (tertiary/aromatic N) is 1. The Balaban J connectivity index is 2.36. The second-order valence-electron chi connectivity index (χ2n) is 3.59. The minimum absolute atomic E-state index is 0.0424. The van der Waals surface area contributed by atoms with E-state index in [2.05, 4.69) is 11.4 Å². The molecule has 1 aliphatic rings. The predicted octanol–water partition coefficient (Wildman–Crippen LogP) is 1.59. The normalized spacial score (nSPS) is 26.8. The van der Waals surface area contributed by atoms with Crippen LogP contribution >= 0.6 is 0 Å². The first-order chi connectivity index (χ1) is 6.27. The fourth-order valence-corrected chi connectivity index (χ4v) is 1.79.